The second-order valence-electron chi connectivity index (χ2n) is 6.07. The number of benzene rings is 2. The maximum Gasteiger partial charge on any atom is 0.242 e. The van der Waals surface area contributed by atoms with E-state index in [2.05, 4.69) is 5.32 Å². The summed E-state index contributed by atoms with van der Waals surface area (Å²) in [6.07, 6.45) is 0.164. The second kappa shape index (κ2) is 8.42. The molecule has 0 spiro atoms. The Kier molecular flexibility index (Phi) is 6.28. The predicted octanol–water partition coefficient (Wildman–Crippen LogP) is 2.84. The highest BCUT2D eigenvalue weighted by Crippen LogP contribution is 2.15. The van der Waals surface area contributed by atoms with E-state index in [0.717, 1.165) is 11.1 Å². The monoisotopic (exact) mass is 342 g/mol. The smallest absolute Gasteiger partial charge is 0.242 e. The number of rotatable bonds is 6. The molecule has 1 unspecified atom stereocenters. The van der Waals surface area contributed by atoms with Crippen LogP contribution >= 0.6 is 0 Å². The van der Waals surface area contributed by atoms with Gasteiger partial charge in [-0.25, -0.2) is 4.39 Å². The van der Waals surface area contributed by atoms with Gasteiger partial charge in [0.05, 0.1) is 6.42 Å². The SMILES string of the molecule is CNC(=O)C(C)N(Cc1ccccc1F)C(=O)Cc1cccc(C)c1. The molecule has 2 rings (SSSR count). The predicted molar refractivity (Wildman–Crippen MR) is 95.4 cm³/mol. The Morgan fingerprint density at radius 2 is 1.88 bits per heavy atom. The van der Waals surface area contributed by atoms with E-state index in [4.69, 9.17) is 0 Å². The van der Waals surface area contributed by atoms with Crippen LogP contribution in [0.4, 0.5) is 4.39 Å². The summed E-state index contributed by atoms with van der Waals surface area (Å²) in [6, 6.07) is 13.2. The molecule has 2 aromatic carbocycles. The lowest BCUT2D eigenvalue weighted by atomic mass is 10.1. The van der Waals surface area contributed by atoms with Gasteiger partial charge in [0, 0.05) is 19.2 Å². The molecule has 0 saturated carbocycles. The molecule has 2 aromatic rings. The first kappa shape index (κ1) is 18.6. The maximum atomic E-state index is 14.0. The molecule has 1 N–H and O–H groups in total. The third-order valence-electron chi connectivity index (χ3n) is 4.15. The lowest BCUT2D eigenvalue weighted by molar-refractivity contribution is -0.139. The zero-order valence-electron chi connectivity index (χ0n) is 14.8. The van der Waals surface area contributed by atoms with E-state index in [1.54, 1.807) is 25.1 Å². The van der Waals surface area contributed by atoms with Crippen LogP contribution in [-0.2, 0) is 22.6 Å². The zero-order chi connectivity index (χ0) is 18.4. The van der Waals surface area contributed by atoms with Gasteiger partial charge in [-0.3, -0.25) is 9.59 Å². The number of carbonyl (C=O) groups excluding carboxylic acids is 2. The molecular formula is C20H23FN2O2. The van der Waals surface area contributed by atoms with Crippen LogP contribution in [-0.4, -0.2) is 29.8 Å². The summed E-state index contributed by atoms with van der Waals surface area (Å²) in [5.74, 6) is -0.890. The van der Waals surface area contributed by atoms with E-state index in [-0.39, 0.29) is 30.6 Å². The number of halogens is 1. The summed E-state index contributed by atoms with van der Waals surface area (Å²) in [5, 5.41) is 2.55. The van der Waals surface area contributed by atoms with Crippen LogP contribution in [0.5, 0.6) is 0 Å². The van der Waals surface area contributed by atoms with Crippen molar-refractivity contribution in [3.8, 4) is 0 Å². The van der Waals surface area contributed by atoms with Crippen molar-refractivity contribution in [3.05, 3.63) is 71.0 Å². The van der Waals surface area contributed by atoms with Crippen molar-refractivity contribution in [2.24, 2.45) is 0 Å². The van der Waals surface area contributed by atoms with Crippen LogP contribution < -0.4 is 5.32 Å². The highest BCUT2D eigenvalue weighted by Gasteiger charge is 2.26. The molecule has 0 aliphatic heterocycles. The Morgan fingerprint density at radius 3 is 2.52 bits per heavy atom. The second-order valence-corrected chi connectivity index (χ2v) is 6.07. The normalized spacial score (nSPS) is 11.7. The quantitative estimate of drug-likeness (QED) is 0.878. The molecule has 5 heteroatoms. The van der Waals surface area contributed by atoms with E-state index in [0.29, 0.717) is 5.56 Å². The van der Waals surface area contributed by atoms with Gasteiger partial charge < -0.3 is 10.2 Å². The van der Waals surface area contributed by atoms with E-state index in [1.165, 1.54) is 18.0 Å². The summed E-state index contributed by atoms with van der Waals surface area (Å²) >= 11 is 0. The standard InChI is InChI=1S/C20H23FN2O2/c1-14-7-6-8-16(11-14)12-19(24)23(15(2)20(25)22-3)13-17-9-4-5-10-18(17)21/h4-11,15H,12-13H2,1-3H3,(H,22,25). The molecular weight excluding hydrogens is 319 g/mol. The highest BCUT2D eigenvalue weighted by atomic mass is 19.1. The van der Waals surface area contributed by atoms with Gasteiger partial charge in [-0.15, -0.1) is 0 Å². The fourth-order valence-electron chi connectivity index (χ4n) is 2.70. The topological polar surface area (TPSA) is 49.4 Å². The molecule has 0 aromatic heterocycles. The van der Waals surface area contributed by atoms with Gasteiger partial charge in [-0.1, -0.05) is 48.0 Å². The lowest BCUT2D eigenvalue weighted by Gasteiger charge is -2.28. The van der Waals surface area contributed by atoms with E-state index < -0.39 is 6.04 Å². The summed E-state index contributed by atoms with van der Waals surface area (Å²) in [4.78, 5) is 26.3. The van der Waals surface area contributed by atoms with Crippen molar-refractivity contribution in [1.29, 1.82) is 0 Å². The van der Waals surface area contributed by atoms with Gasteiger partial charge in [0.2, 0.25) is 11.8 Å². The van der Waals surface area contributed by atoms with Gasteiger partial charge in [-0.2, -0.15) is 0 Å². The molecule has 132 valence electrons. The van der Waals surface area contributed by atoms with Crippen molar-refractivity contribution < 1.29 is 14.0 Å². The number of hydrogen-bond acceptors (Lipinski definition) is 2. The van der Waals surface area contributed by atoms with Crippen molar-refractivity contribution in [2.75, 3.05) is 7.05 Å². The van der Waals surface area contributed by atoms with Gasteiger partial charge in [0.25, 0.3) is 0 Å². The van der Waals surface area contributed by atoms with E-state index >= 15 is 0 Å². The molecule has 0 radical (unpaired) electrons. The summed E-state index contributed by atoms with van der Waals surface area (Å²) < 4.78 is 14.0. The number of carbonyl (C=O) groups is 2. The Labute approximate surface area is 147 Å². The molecule has 4 nitrogen and oxygen atoms in total. The van der Waals surface area contributed by atoms with Gasteiger partial charge in [0.1, 0.15) is 11.9 Å². The highest BCUT2D eigenvalue weighted by molar-refractivity contribution is 5.88. The minimum atomic E-state index is -0.693. The van der Waals surface area contributed by atoms with Crippen LogP contribution in [0.15, 0.2) is 48.5 Å². The zero-order valence-corrected chi connectivity index (χ0v) is 14.8. The minimum Gasteiger partial charge on any atom is -0.357 e. The molecule has 1 atom stereocenters. The molecule has 0 bridgehead atoms. The first-order chi connectivity index (χ1) is 11.9. The Balaban J connectivity index is 2.25. The van der Waals surface area contributed by atoms with Gasteiger partial charge in [0.15, 0.2) is 0 Å². The number of hydrogen-bond donors (Lipinski definition) is 1. The third-order valence-corrected chi connectivity index (χ3v) is 4.15. The van der Waals surface area contributed by atoms with Crippen molar-refractivity contribution in [2.45, 2.75) is 32.9 Å². The molecule has 0 heterocycles. The van der Waals surface area contributed by atoms with Gasteiger partial charge in [-0.05, 0) is 25.5 Å². The Morgan fingerprint density at radius 1 is 1.16 bits per heavy atom. The minimum absolute atomic E-state index is 0.0475. The fraction of sp³-hybridized carbons (Fsp3) is 0.300. The number of amides is 2. The van der Waals surface area contributed by atoms with Crippen LogP contribution in [0.1, 0.15) is 23.6 Å². The average Bonchev–Trinajstić information content (AvgIpc) is 2.59. The number of nitrogens with zero attached hydrogens (tertiary/aromatic N) is 1. The van der Waals surface area contributed by atoms with Crippen molar-refractivity contribution in [1.82, 2.24) is 10.2 Å². The van der Waals surface area contributed by atoms with Crippen LogP contribution in [0.25, 0.3) is 0 Å². The fourth-order valence-corrected chi connectivity index (χ4v) is 2.70. The molecule has 0 aliphatic carbocycles. The largest absolute Gasteiger partial charge is 0.357 e. The Hall–Kier alpha value is -2.69. The number of nitrogens with one attached hydrogen (secondary N) is 1. The first-order valence-corrected chi connectivity index (χ1v) is 8.22. The van der Waals surface area contributed by atoms with E-state index in [1.807, 2.05) is 31.2 Å². The van der Waals surface area contributed by atoms with Crippen molar-refractivity contribution in [3.63, 3.8) is 0 Å². The summed E-state index contributed by atoms with van der Waals surface area (Å²) in [5.41, 5.74) is 2.31. The average molecular weight is 342 g/mol. The molecule has 0 aliphatic rings. The maximum absolute atomic E-state index is 14.0. The molecule has 2 amide bonds. The Bertz CT molecular complexity index is 761. The summed E-state index contributed by atoms with van der Waals surface area (Å²) in [7, 11) is 1.52. The van der Waals surface area contributed by atoms with E-state index in [9.17, 15) is 14.0 Å². The lowest BCUT2D eigenvalue weighted by Crippen LogP contribution is -2.47. The van der Waals surface area contributed by atoms with Gasteiger partial charge >= 0.3 is 0 Å². The van der Waals surface area contributed by atoms with Crippen molar-refractivity contribution >= 4 is 11.8 Å². The first-order valence-electron chi connectivity index (χ1n) is 8.22. The van der Waals surface area contributed by atoms with Crippen LogP contribution in [0, 0.1) is 12.7 Å². The number of aryl methyl sites for hydroxylation is 1. The molecule has 0 fully saturated rings. The molecule has 0 saturated heterocycles. The van der Waals surface area contributed by atoms with Crippen LogP contribution in [0.2, 0.25) is 0 Å². The van der Waals surface area contributed by atoms with Crippen LogP contribution in [0.3, 0.4) is 0 Å². The molecule has 25 heavy (non-hydrogen) atoms. The third kappa shape index (κ3) is 4.89. The summed E-state index contributed by atoms with van der Waals surface area (Å²) in [6.45, 7) is 3.65. The number of likely N-dealkylation sites (N-methyl/N-ethyl adjacent to an activating group) is 1.